The third-order valence-electron chi connectivity index (χ3n) is 1.08. The van der Waals surface area contributed by atoms with E-state index in [1.54, 1.807) is 18.4 Å². The van der Waals surface area contributed by atoms with Crippen LogP contribution in [0.3, 0.4) is 0 Å². The highest BCUT2D eigenvalue weighted by Gasteiger charge is 2.00. The standard InChI is InChI=1S/C8H8N2O2.ClH/c1-2-8(11)12-7-4-3-5-9-6-10-7;/h2-6H,1H2,(H,9,10);1H. The van der Waals surface area contributed by atoms with Gasteiger partial charge in [-0.1, -0.05) is 6.58 Å². The molecule has 70 valence electrons. The number of esters is 1. The fourth-order valence-corrected chi connectivity index (χ4v) is 0.586. The Bertz CT molecular complexity index is 282. The predicted octanol–water partition coefficient (Wildman–Crippen LogP) is 1.12. The minimum atomic E-state index is -0.502. The number of carbonyl (C=O) groups excluding carboxylic acids is 1. The van der Waals surface area contributed by atoms with Gasteiger partial charge in [0.1, 0.15) is 0 Å². The number of nitrogens with one attached hydrogen (secondary N) is 1. The molecule has 0 amide bonds. The van der Waals surface area contributed by atoms with Crippen LogP contribution >= 0.6 is 12.4 Å². The van der Waals surface area contributed by atoms with Crippen molar-refractivity contribution in [2.45, 2.75) is 0 Å². The molecule has 0 radical (unpaired) electrons. The van der Waals surface area contributed by atoms with E-state index in [-0.39, 0.29) is 12.4 Å². The van der Waals surface area contributed by atoms with E-state index in [9.17, 15) is 4.79 Å². The van der Waals surface area contributed by atoms with Crippen molar-refractivity contribution in [3.05, 3.63) is 36.9 Å². The molecule has 1 heterocycles. The third kappa shape index (κ3) is 4.12. The van der Waals surface area contributed by atoms with Gasteiger partial charge in [0.15, 0.2) is 0 Å². The van der Waals surface area contributed by atoms with Crippen LogP contribution in [0.4, 0.5) is 0 Å². The van der Waals surface area contributed by atoms with Crippen molar-refractivity contribution < 1.29 is 9.53 Å². The van der Waals surface area contributed by atoms with Crippen molar-refractivity contribution in [2.75, 3.05) is 0 Å². The molecule has 5 heteroatoms. The molecular weight excluding hydrogens is 192 g/mol. The highest BCUT2D eigenvalue weighted by molar-refractivity contribution is 5.85. The summed E-state index contributed by atoms with van der Waals surface area (Å²) in [6, 6.07) is 0. The average molecular weight is 201 g/mol. The lowest BCUT2D eigenvalue weighted by Crippen LogP contribution is -2.15. The highest BCUT2D eigenvalue weighted by atomic mass is 35.5. The predicted molar refractivity (Wildman–Crippen MR) is 52.4 cm³/mol. The molecule has 0 aliphatic carbocycles. The van der Waals surface area contributed by atoms with Crippen molar-refractivity contribution in [3.63, 3.8) is 0 Å². The molecule has 1 aliphatic rings. The Morgan fingerprint density at radius 1 is 1.69 bits per heavy atom. The first-order valence-corrected chi connectivity index (χ1v) is 3.32. The van der Waals surface area contributed by atoms with Crippen LogP contribution in [0.1, 0.15) is 0 Å². The monoisotopic (exact) mass is 200 g/mol. The van der Waals surface area contributed by atoms with Gasteiger partial charge in [0.25, 0.3) is 0 Å². The summed E-state index contributed by atoms with van der Waals surface area (Å²) in [5.41, 5.74) is 0. The molecular formula is C8H9ClN2O2. The van der Waals surface area contributed by atoms with Gasteiger partial charge in [-0.15, -0.1) is 12.4 Å². The molecule has 1 N–H and O–H groups in total. The first-order valence-electron chi connectivity index (χ1n) is 3.32. The van der Waals surface area contributed by atoms with E-state index in [4.69, 9.17) is 4.74 Å². The maximum absolute atomic E-state index is 10.7. The molecule has 0 aromatic heterocycles. The molecule has 0 aromatic rings. The Hall–Kier alpha value is -1.55. The molecule has 1 aliphatic heterocycles. The first kappa shape index (κ1) is 11.4. The SMILES string of the molecule is C=CC(=O)OC1=CC=CN=CN1.Cl. The van der Waals surface area contributed by atoms with E-state index in [1.165, 1.54) is 6.34 Å². The Morgan fingerprint density at radius 2 is 2.46 bits per heavy atom. The number of ether oxygens (including phenoxy) is 1. The van der Waals surface area contributed by atoms with E-state index < -0.39 is 5.97 Å². The highest BCUT2D eigenvalue weighted by Crippen LogP contribution is 1.96. The van der Waals surface area contributed by atoms with Crippen molar-refractivity contribution in [1.29, 1.82) is 0 Å². The Kier molecular flexibility index (Phi) is 5.30. The van der Waals surface area contributed by atoms with Gasteiger partial charge < -0.3 is 10.1 Å². The molecule has 0 unspecified atom stereocenters. The lowest BCUT2D eigenvalue weighted by Gasteiger charge is -2.02. The molecule has 0 spiro atoms. The fourth-order valence-electron chi connectivity index (χ4n) is 0.586. The second-order valence-corrected chi connectivity index (χ2v) is 1.92. The van der Waals surface area contributed by atoms with E-state index in [1.807, 2.05) is 0 Å². The minimum absolute atomic E-state index is 0. The van der Waals surface area contributed by atoms with Crippen molar-refractivity contribution in [2.24, 2.45) is 4.99 Å². The molecule has 0 saturated carbocycles. The van der Waals surface area contributed by atoms with E-state index in [2.05, 4.69) is 16.9 Å². The zero-order valence-corrected chi connectivity index (χ0v) is 7.58. The number of carbonyl (C=O) groups is 1. The Labute approximate surface area is 82.1 Å². The number of nitrogens with zero attached hydrogens (tertiary/aromatic N) is 1. The van der Waals surface area contributed by atoms with E-state index in [0.29, 0.717) is 5.88 Å². The van der Waals surface area contributed by atoms with Crippen molar-refractivity contribution in [3.8, 4) is 0 Å². The Balaban J connectivity index is 0.00000144. The molecule has 0 atom stereocenters. The van der Waals surface area contributed by atoms with Gasteiger partial charge in [-0.05, 0) is 6.08 Å². The molecule has 4 nitrogen and oxygen atoms in total. The maximum atomic E-state index is 10.7. The second-order valence-electron chi connectivity index (χ2n) is 1.92. The third-order valence-corrected chi connectivity index (χ3v) is 1.08. The van der Waals surface area contributed by atoms with E-state index >= 15 is 0 Å². The van der Waals surface area contributed by atoms with Crippen LogP contribution in [-0.2, 0) is 9.53 Å². The van der Waals surface area contributed by atoms with Crippen LogP contribution in [-0.4, -0.2) is 12.3 Å². The van der Waals surface area contributed by atoms with Crippen LogP contribution in [0, 0.1) is 0 Å². The zero-order valence-electron chi connectivity index (χ0n) is 6.77. The van der Waals surface area contributed by atoms with Crippen molar-refractivity contribution >= 4 is 24.7 Å². The largest absolute Gasteiger partial charge is 0.406 e. The molecule has 0 saturated heterocycles. The molecule has 0 fully saturated rings. The van der Waals surface area contributed by atoms with Crippen LogP contribution in [0.25, 0.3) is 0 Å². The summed E-state index contributed by atoms with van der Waals surface area (Å²) in [6.45, 7) is 3.27. The van der Waals surface area contributed by atoms with Crippen LogP contribution in [0.2, 0.25) is 0 Å². The number of aliphatic imine (C=N–C) groups is 1. The number of allylic oxidation sites excluding steroid dienone is 2. The quantitative estimate of drug-likeness (QED) is 0.537. The normalized spacial score (nSPS) is 13.1. The number of halogens is 1. The fraction of sp³-hybridized carbons (Fsp3) is 0. The van der Waals surface area contributed by atoms with Gasteiger partial charge in [0, 0.05) is 18.4 Å². The first-order chi connectivity index (χ1) is 5.83. The topological polar surface area (TPSA) is 50.7 Å². The van der Waals surface area contributed by atoms with Crippen molar-refractivity contribution in [1.82, 2.24) is 5.32 Å². The van der Waals surface area contributed by atoms with Gasteiger partial charge in [-0.2, -0.15) is 0 Å². The molecule has 1 rings (SSSR count). The van der Waals surface area contributed by atoms with Gasteiger partial charge in [0.05, 0.1) is 6.34 Å². The molecule has 0 bridgehead atoms. The number of hydrogen-bond donors (Lipinski definition) is 1. The van der Waals surface area contributed by atoms with Gasteiger partial charge >= 0.3 is 5.97 Å². The maximum Gasteiger partial charge on any atom is 0.336 e. The second kappa shape index (κ2) is 6.02. The van der Waals surface area contributed by atoms with Crippen LogP contribution in [0.5, 0.6) is 0 Å². The summed E-state index contributed by atoms with van der Waals surface area (Å²) in [4.78, 5) is 14.5. The minimum Gasteiger partial charge on any atom is -0.406 e. The molecule has 0 aromatic carbocycles. The summed E-state index contributed by atoms with van der Waals surface area (Å²) in [5.74, 6) is -0.171. The van der Waals surface area contributed by atoms with Crippen LogP contribution < -0.4 is 5.32 Å². The van der Waals surface area contributed by atoms with Gasteiger partial charge in [0.2, 0.25) is 5.88 Å². The lowest BCUT2D eigenvalue weighted by atomic mass is 10.5. The smallest absolute Gasteiger partial charge is 0.336 e. The van der Waals surface area contributed by atoms with Gasteiger partial charge in [-0.3, -0.25) is 0 Å². The molecule has 13 heavy (non-hydrogen) atoms. The lowest BCUT2D eigenvalue weighted by molar-refractivity contribution is -0.134. The average Bonchev–Trinajstić information content (AvgIpc) is 2.33. The summed E-state index contributed by atoms with van der Waals surface area (Å²) in [6.07, 6.45) is 7.33. The number of hydrogen-bond acceptors (Lipinski definition) is 4. The van der Waals surface area contributed by atoms with Gasteiger partial charge in [-0.25, -0.2) is 9.79 Å². The van der Waals surface area contributed by atoms with E-state index in [0.717, 1.165) is 6.08 Å². The summed E-state index contributed by atoms with van der Waals surface area (Å²) in [7, 11) is 0. The van der Waals surface area contributed by atoms with Crippen LogP contribution in [0.15, 0.2) is 41.9 Å². The Morgan fingerprint density at radius 3 is 3.15 bits per heavy atom. The summed E-state index contributed by atoms with van der Waals surface area (Å²) in [5, 5.41) is 2.66. The zero-order chi connectivity index (χ0) is 8.81. The summed E-state index contributed by atoms with van der Waals surface area (Å²) >= 11 is 0. The number of rotatable bonds is 2. The summed E-state index contributed by atoms with van der Waals surface area (Å²) < 4.78 is 4.77.